The molecule has 0 bridgehead atoms. The van der Waals surface area contributed by atoms with Gasteiger partial charge in [-0.1, -0.05) is 38.1 Å². The number of methoxy groups -OCH3 is 2. The first-order valence-corrected chi connectivity index (χ1v) is 27.3. The Balaban J connectivity index is 1.40. The number of nitrogens with two attached hydrogens (primary N) is 1. The fourth-order valence-electron chi connectivity index (χ4n) is 11.4. The molecule has 3 fully saturated rings. The number of aliphatic hydroxyl groups excluding tert-OH is 2. The highest BCUT2D eigenvalue weighted by Gasteiger charge is 2.52. The fraction of sp³-hybridized carbons (Fsp3) is 0.811. The third-order valence-electron chi connectivity index (χ3n) is 16.0. The average Bonchev–Trinajstić information content (AvgIpc) is 3.82. The van der Waals surface area contributed by atoms with Crippen molar-refractivity contribution >= 4 is 23.6 Å². The van der Waals surface area contributed by atoms with Gasteiger partial charge in [0.2, 0.25) is 5.91 Å². The fourth-order valence-corrected chi connectivity index (χ4v) is 12.0. The molecule has 6 N–H and O–H groups in total. The molecule has 0 unspecified atom stereocenters. The molecule has 3 aliphatic heterocycles. The van der Waals surface area contributed by atoms with Crippen molar-refractivity contribution in [2.24, 2.45) is 23.5 Å². The van der Waals surface area contributed by atoms with Crippen LogP contribution in [-0.2, 0) is 49.2 Å². The van der Waals surface area contributed by atoms with Crippen molar-refractivity contribution in [3.05, 3.63) is 41.7 Å². The predicted octanol–water partition coefficient (Wildman–Crippen LogP) is 4.61. The first-order chi connectivity index (χ1) is 34.7. The minimum Gasteiger partial charge on any atom is -0.459 e. The van der Waals surface area contributed by atoms with E-state index in [1.807, 2.05) is 71.0 Å². The third-order valence-corrected chi connectivity index (χ3v) is 17.0. The van der Waals surface area contributed by atoms with E-state index in [1.54, 1.807) is 40.8 Å². The van der Waals surface area contributed by atoms with Crippen LogP contribution in [0.2, 0.25) is 0 Å². The number of carbonyl (C=O) groups is 2. The molecule has 0 saturated carbocycles. The molecule has 0 spiro atoms. The quantitative estimate of drug-likeness (QED) is 0.101. The molecule has 19 nitrogen and oxygen atoms in total. The average molecular weight is 1070 g/mol. The van der Waals surface area contributed by atoms with E-state index >= 15 is 0 Å². The number of carbonyl (C=O) groups excluding carboxylic acids is 2. The minimum atomic E-state index is -1.83. The zero-order chi connectivity index (χ0) is 55.0. The zero-order valence-electron chi connectivity index (χ0n) is 46.3. The first-order valence-electron chi connectivity index (χ1n) is 26.3. The van der Waals surface area contributed by atoms with E-state index in [1.165, 1.54) is 37.6 Å². The highest BCUT2D eigenvalue weighted by atomic mass is 32.2. The topological polar surface area (TPSA) is 243 Å². The van der Waals surface area contributed by atoms with Gasteiger partial charge in [0, 0.05) is 75.7 Å². The largest absolute Gasteiger partial charge is 0.459 e. The normalized spacial score (nSPS) is 38.2. The number of esters is 1. The SMILES string of the molecule is CC[C@H]1OC(=O)[C@H](C)[C@@H](O[C@H]2C[C@@](C)(OC)[C@@H](O)[C@H](C)O2)[C@H](C)[C@@H](O[C@H]2C[C@@H](N(C)CCc3cn([C@H](CF)[C@H](OC)c4ccc(SCC(N)=O)cc4)nn3)C[C@@H](C)O2)[C@](C)(O)C[C@@H](C)CN(C)[C@H](C)[C@@H](O)[C@]1(C)O. The van der Waals surface area contributed by atoms with Crippen LogP contribution in [0.1, 0.15) is 125 Å². The Bertz CT molecular complexity index is 2070. The van der Waals surface area contributed by atoms with Gasteiger partial charge in [0.1, 0.15) is 42.7 Å². The number of hydrogen-bond acceptors (Lipinski definition) is 18. The predicted molar refractivity (Wildman–Crippen MR) is 277 cm³/mol. The summed E-state index contributed by atoms with van der Waals surface area (Å²) in [6, 6.07) is 5.99. The van der Waals surface area contributed by atoms with Crippen molar-refractivity contribution in [2.45, 2.75) is 209 Å². The van der Waals surface area contributed by atoms with E-state index in [0.717, 1.165) is 10.5 Å². The standard InChI is InChI=1S/C53H89FN6O13S/c1-15-41-53(10,66)47(62)34(6)59(12)27-30(2)24-51(8,65)49(32(4)45(33(5)50(64)71-41)72-44-25-52(9,68-14)48(63)35(7)70-44)73-43-23-38(22-31(3)69-43)58(11)21-20-37-28-60(57-56-37)40(26-54)46(67-13)36-16-18-39(19-17-36)74-29-42(55)61/h16-19,28,30-35,38,40-41,43-49,62-63,65-66H,15,20-27,29H2,1-14H3,(H2,55,61)/t30-,31-,32+,33-,34-,35+,38+,40-,41-,43+,44+,45+,46-,47-,48+,49-,51-,52-,53-/m1/s1. The number of thioether (sulfide) groups is 1. The second-order valence-electron chi connectivity index (χ2n) is 22.2. The Morgan fingerprint density at radius 2 is 1.68 bits per heavy atom. The highest BCUT2D eigenvalue weighted by molar-refractivity contribution is 8.00. The molecule has 4 heterocycles. The van der Waals surface area contributed by atoms with Gasteiger partial charge < -0.3 is 69.1 Å². The number of halogens is 1. The molecule has 1 aromatic heterocycles. The van der Waals surface area contributed by atoms with E-state index in [9.17, 15) is 34.4 Å². The number of cyclic esters (lactones) is 1. The maximum Gasteiger partial charge on any atom is 0.311 e. The zero-order valence-corrected chi connectivity index (χ0v) is 47.1. The van der Waals surface area contributed by atoms with Crippen LogP contribution in [0.15, 0.2) is 35.4 Å². The van der Waals surface area contributed by atoms with E-state index in [2.05, 4.69) is 15.2 Å². The number of primary amides is 1. The Morgan fingerprint density at radius 3 is 2.28 bits per heavy atom. The molecule has 3 saturated heterocycles. The lowest BCUT2D eigenvalue weighted by atomic mass is 9.77. The van der Waals surface area contributed by atoms with Gasteiger partial charge in [0.05, 0.1) is 53.0 Å². The summed E-state index contributed by atoms with van der Waals surface area (Å²) in [5, 5.41) is 56.2. The lowest BCUT2D eigenvalue weighted by Crippen LogP contribution is -2.59. The molecule has 422 valence electrons. The van der Waals surface area contributed by atoms with Crippen LogP contribution in [0, 0.1) is 17.8 Å². The molecule has 0 radical (unpaired) electrons. The van der Waals surface area contributed by atoms with Crippen molar-refractivity contribution < 1.29 is 67.6 Å². The molecule has 2 aromatic rings. The summed E-state index contributed by atoms with van der Waals surface area (Å²) in [5.74, 6) is -2.86. The summed E-state index contributed by atoms with van der Waals surface area (Å²) in [5.41, 5.74) is 2.30. The molecule has 1 amide bonds. The van der Waals surface area contributed by atoms with Crippen LogP contribution in [0.3, 0.4) is 0 Å². The molecule has 3 aliphatic rings. The smallest absolute Gasteiger partial charge is 0.311 e. The number of rotatable bonds is 18. The second-order valence-corrected chi connectivity index (χ2v) is 23.3. The summed E-state index contributed by atoms with van der Waals surface area (Å²) in [6.07, 6.45) is -4.78. The number of benzene rings is 1. The molecule has 5 rings (SSSR count). The van der Waals surface area contributed by atoms with Crippen LogP contribution in [0.25, 0.3) is 0 Å². The Labute approximate surface area is 442 Å². The van der Waals surface area contributed by atoms with Crippen molar-refractivity contribution in [3.63, 3.8) is 0 Å². The van der Waals surface area contributed by atoms with Crippen LogP contribution in [0.5, 0.6) is 0 Å². The van der Waals surface area contributed by atoms with E-state index in [4.69, 9.17) is 38.9 Å². The Kier molecular flexibility index (Phi) is 22.3. The third kappa shape index (κ3) is 15.2. The molecule has 21 heteroatoms. The lowest BCUT2D eigenvalue weighted by molar-refractivity contribution is -0.308. The summed E-state index contributed by atoms with van der Waals surface area (Å²) < 4.78 is 60.8. The van der Waals surface area contributed by atoms with Crippen LogP contribution >= 0.6 is 11.8 Å². The summed E-state index contributed by atoms with van der Waals surface area (Å²) in [7, 11) is 6.91. The molecule has 19 atom stereocenters. The lowest BCUT2D eigenvalue weighted by Gasteiger charge is -2.48. The van der Waals surface area contributed by atoms with Gasteiger partial charge in [-0.05, 0) is 105 Å². The summed E-state index contributed by atoms with van der Waals surface area (Å²) in [4.78, 5) is 30.8. The van der Waals surface area contributed by atoms with E-state index in [-0.39, 0.29) is 43.1 Å². The molecule has 0 aliphatic carbocycles. The molecule has 1 aromatic carbocycles. The summed E-state index contributed by atoms with van der Waals surface area (Å²) in [6.45, 7) is 18.1. The van der Waals surface area contributed by atoms with E-state index < -0.39 is 115 Å². The number of aliphatic hydroxyl groups is 4. The van der Waals surface area contributed by atoms with Crippen molar-refractivity contribution in [3.8, 4) is 0 Å². The van der Waals surface area contributed by atoms with Crippen molar-refractivity contribution in [1.82, 2.24) is 24.8 Å². The van der Waals surface area contributed by atoms with Gasteiger partial charge in [0.25, 0.3) is 0 Å². The van der Waals surface area contributed by atoms with Gasteiger partial charge in [-0.25, -0.2) is 9.07 Å². The number of likely N-dealkylation sites (N-methyl/N-ethyl adjacent to an activating group) is 2. The van der Waals surface area contributed by atoms with Gasteiger partial charge in [-0.15, -0.1) is 16.9 Å². The molecule has 74 heavy (non-hydrogen) atoms. The van der Waals surface area contributed by atoms with E-state index in [0.29, 0.717) is 38.0 Å². The van der Waals surface area contributed by atoms with Crippen LogP contribution in [0.4, 0.5) is 4.39 Å². The number of alkyl halides is 1. The molecular weight excluding hydrogens is 980 g/mol. The molecular formula is C53H89FN6O13S. The number of amides is 1. The van der Waals surface area contributed by atoms with Gasteiger partial charge in [0.15, 0.2) is 12.6 Å². The van der Waals surface area contributed by atoms with Gasteiger partial charge in [-0.3, -0.25) is 9.59 Å². The first kappa shape index (κ1) is 61.9. The van der Waals surface area contributed by atoms with Crippen molar-refractivity contribution in [1.29, 1.82) is 0 Å². The summed E-state index contributed by atoms with van der Waals surface area (Å²) >= 11 is 1.32. The highest BCUT2D eigenvalue weighted by Crippen LogP contribution is 2.41. The Hall–Kier alpha value is -2.90. The minimum absolute atomic E-state index is 0.0302. The number of hydrogen-bond donors (Lipinski definition) is 5. The van der Waals surface area contributed by atoms with Gasteiger partial charge >= 0.3 is 5.97 Å². The van der Waals surface area contributed by atoms with Crippen LogP contribution < -0.4 is 5.73 Å². The van der Waals surface area contributed by atoms with Gasteiger partial charge in [-0.2, -0.15) is 0 Å². The Morgan fingerprint density at radius 1 is 1.00 bits per heavy atom. The number of ether oxygens (including phenoxy) is 7. The monoisotopic (exact) mass is 1070 g/mol. The maximum atomic E-state index is 14.8. The second kappa shape index (κ2) is 26.6. The maximum absolute atomic E-state index is 14.8. The number of nitrogens with zero attached hydrogens (tertiary/aromatic N) is 5. The van der Waals surface area contributed by atoms with Crippen LogP contribution in [-0.4, -0.2) is 195 Å². The van der Waals surface area contributed by atoms with Crippen molar-refractivity contribution in [2.75, 3.05) is 53.8 Å². The number of aromatic nitrogens is 3.